The normalized spacial score (nSPS) is 11.5. The summed E-state index contributed by atoms with van der Waals surface area (Å²) in [5.74, 6) is 0.478. The molecule has 0 amide bonds. The first-order valence-electron chi connectivity index (χ1n) is 4.96. The molecule has 1 aromatic carbocycles. The second-order valence-corrected chi connectivity index (χ2v) is 4.10. The SMILES string of the molecule is Cc1ccc2c(C)noc2c1C(C)C. The van der Waals surface area contributed by atoms with Crippen molar-refractivity contribution >= 4 is 11.0 Å². The zero-order valence-electron chi connectivity index (χ0n) is 9.09. The number of rotatable bonds is 1. The predicted molar refractivity (Wildman–Crippen MR) is 57.6 cm³/mol. The van der Waals surface area contributed by atoms with Crippen molar-refractivity contribution in [2.45, 2.75) is 33.6 Å². The Bertz CT molecular complexity index is 468. The summed E-state index contributed by atoms with van der Waals surface area (Å²) in [4.78, 5) is 0. The molecule has 0 atom stereocenters. The first kappa shape index (κ1) is 9.25. The fraction of sp³-hybridized carbons (Fsp3) is 0.417. The van der Waals surface area contributed by atoms with E-state index in [0.29, 0.717) is 5.92 Å². The zero-order valence-corrected chi connectivity index (χ0v) is 9.09. The van der Waals surface area contributed by atoms with E-state index in [0.717, 1.165) is 16.7 Å². The van der Waals surface area contributed by atoms with E-state index in [1.165, 1.54) is 11.1 Å². The van der Waals surface area contributed by atoms with Gasteiger partial charge in [0.25, 0.3) is 0 Å². The largest absolute Gasteiger partial charge is 0.356 e. The van der Waals surface area contributed by atoms with Crippen LogP contribution in [0.3, 0.4) is 0 Å². The van der Waals surface area contributed by atoms with Gasteiger partial charge in [-0.25, -0.2) is 0 Å². The van der Waals surface area contributed by atoms with Crippen LogP contribution in [0, 0.1) is 13.8 Å². The first-order valence-corrected chi connectivity index (χ1v) is 4.96. The second kappa shape index (κ2) is 3.12. The molecule has 2 nitrogen and oxygen atoms in total. The van der Waals surface area contributed by atoms with E-state index in [1.54, 1.807) is 0 Å². The molecule has 0 aliphatic heterocycles. The highest BCUT2D eigenvalue weighted by Gasteiger charge is 2.13. The smallest absolute Gasteiger partial charge is 0.170 e. The van der Waals surface area contributed by atoms with E-state index in [9.17, 15) is 0 Å². The van der Waals surface area contributed by atoms with Crippen LogP contribution < -0.4 is 0 Å². The highest BCUT2D eigenvalue weighted by molar-refractivity contribution is 5.83. The van der Waals surface area contributed by atoms with E-state index in [1.807, 2.05) is 6.92 Å². The van der Waals surface area contributed by atoms with Gasteiger partial charge in [-0.15, -0.1) is 0 Å². The van der Waals surface area contributed by atoms with Gasteiger partial charge in [0.1, 0.15) is 0 Å². The molecule has 1 heterocycles. The van der Waals surface area contributed by atoms with Gasteiger partial charge in [0.05, 0.1) is 5.69 Å². The fourth-order valence-corrected chi connectivity index (χ4v) is 1.96. The Hall–Kier alpha value is -1.31. The summed E-state index contributed by atoms with van der Waals surface area (Å²) in [6.45, 7) is 8.46. The number of benzene rings is 1. The molecule has 0 aliphatic carbocycles. The molecular formula is C12H15NO. The number of fused-ring (bicyclic) bond motifs is 1. The Morgan fingerprint density at radius 1 is 1.21 bits per heavy atom. The number of aromatic nitrogens is 1. The minimum absolute atomic E-state index is 0.478. The third-order valence-electron chi connectivity index (χ3n) is 2.66. The van der Waals surface area contributed by atoms with Gasteiger partial charge in [0.15, 0.2) is 5.58 Å². The Morgan fingerprint density at radius 3 is 2.57 bits per heavy atom. The van der Waals surface area contributed by atoms with E-state index in [-0.39, 0.29) is 0 Å². The van der Waals surface area contributed by atoms with E-state index >= 15 is 0 Å². The average molecular weight is 189 g/mol. The molecule has 14 heavy (non-hydrogen) atoms. The van der Waals surface area contributed by atoms with Crippen molar-refractivity contribution in [2.24, 2.45) is 0 Å². The van der Waals surface area contributed by atoms with E-state index < -0.39 is 0 Å². The second-order valence-electron chi connectivity index (χ2n) is 4.10. The topological polar surface area (TPSA) is 26.0 Å². The van der Waals surface area contributed by atoms with Crippen LogP contribution in [0.5, 0.6) is 0 Å². The molecule has 0 unspecified atom stereocenters. The van der Waals surface area contributed by atoms with Crippen LogP contribution in [0.2, 0.25) is 0 Å². The van der Waals surface area contributed by atoms with E-state index in [2.05, 4.69) is 38.1 Å². The lowest BCUT2D eigenvalue weighted by Gasteiger charge is -2.08. The van der Waals surface area contributed by atoms with Crippen LogP contribution in [0.25, 0.3) is 11.0 Å². The molecule has 0 bridgehead atoms. The number of hydrogen-bond acceptors (Lipinski definition) is 2. The van der Waals surface area contributed by atoms with Crippen molar-refractivity contribution in [2.75, 3.05) is 0 Å². The van der Waals surface area contributed by atoms with Gasteiger partial charge in [-0.1, -0.05) is 25.1 Å². The van der Waals surface area contributed by atoms with Gasteiger partial charge in [-0.3, -0.25) is 0 Å². The number of aryl methyl sites for hydroxylation is 2. The Labute approximate surface area is 83.9 Å². The summed E-state index contributed by atoms with van der Waals surface area (Å²) in [6.07, 6.45) is 0. The van der Waals surface area contributed by atoms with Crippen LogP contribution in [-0.4, -0.2) is 5.16 Å². The van der Waals surface area contributed by atoms with Crippen molar-refractivity contribution in [3.63, 3.8) is 0 Å². The minimum Gasteiger partial charge on any atom is -0.356 e. The molecule has 0 N–H and O–H groups in total. The summed E-state index contributed by atoms with van der Waals surface area (Å²) in [5, 5.41) is 5.14. The monoisotopic (exact) mass is 189 g/mol. The van der Waals surface area contributed by atoms with Gasteiger partial charge >= 0.3 is 0 Å². The summed E-state index contributed by atoms with van der Waals surface area (Å²) in [5.41, 5.74) is 4.49. The average Bonchev–Trinajstić information content (AvgIpc) is 2.47. The Morgan fingerprint density at radius 2 is 1.93 bits per heavy atom. The number of nitrogens with zero attached hydrogens (tertiary/aromatic N) is 1. The van der Waals surface area contributed by atoms with Crippen molar-refractivity contribution in [3.8, 4) is 0 Å². The lowest BCUT2D eigenvalue weighted by molar-refractivity contribution is 0.446. The third-order valence-corrected chi connectivity index (χ3v) is 2.66. The molecule has 0 saturated carbocycles. The molecule has 2 heteroatoms. The van der Waals surface area contributed by atoms with Crippen LogP contribution in [0.4, 0.5) is 0 Å². The Kier molecular flexibility index (Phi) is 2.06. The van der Waals surface area contributed by atoms with Gasteiger partial charge < -0.3 is 4.52 Å². The Balaban J connectivity index is 2.83. The van der Waals surface area contributed by atoms with Crippen LogP contribution in [0.15, 0.2) is 16.7 Å². The molecule has 1 aromatic heterocycles. The lowest BCUT2D eigenvalue weighted by Crippen LogP contribution is -1.92. The van der Waals surface area contributed by atoms with Crippen LogP contribution in [0.1, 0.15) is 36.6 Å². The summed E-state index contributed by atoms with van der Waals surface area (Å²) in [6, 6.07) is 4.23. The summed E-state index contributed by atoms with van der Waals surface area (Å²) in [7, 11) is 0. The third kappa shape index (κ3) is 1.22. The maximum atomic E-state index is 5.37. The first-order chi connectivity index (χ1) is 6.61. The molecule has 0 radical (unpaired) electrons. The van der Waals surface area contributed by atoms with Crippen molar-refractivity contribution in [3.05, 3.63) is 29.0 Å². The standard InChI is InChI=1S/C12H15NO/c1-7(2)11-8(3)5-6-10-9(4)13-14-12(10)11/h5-7H,1-4H3. The molecule has 0 fully saturated rings. The van der Waals surface area contributed by atoms with E-state index in [4.69, 9.17) is 4.52 Å². The number of hydrogen-bond donors (Lipinski definition) is 0. The molecule has 0 saturated heterocycles. The van der Waals surface area contributed by atoms with Crippen molar-refractivity contribution in [1.82, 2.24) is 5.16 Å². The van der Waals surface area contributed by atoms with Gasteiger partial charge in [0.2, 0.25) is 0 Å². The minimum atomic E-state index is 0.478. The van der Waals surface area contributed by atoms with Crippen LogP contribution >= 0.6 is 0 Å². The molecule has 0 spiro atoms. The molecule has 2 rings (SSSR count). The lowest BCUT2D eigenvalue weighted by atomic mass is 9.95. The highest BCUT2D eigenvalue weighted by atomic mass is 16.5. The maximum absolute atomic E-state index is 5.37. The zero-order chi connectivity index (χ0) is 10.3. The van der Waals surface area contributed by atoms with Gasteiger partial charge in [-0.05, 0) is 31.4 Å². The summed E-state index contributed by atoms with van der Waals surface area (Å²) < 4.78 is 5.37. The predicted octanol–water partition coefficient (Wildman–Crippen LogP) is 3.57. The van der Waals surface area contributed by atoms with Gasteiger partial charge in [0, 0.05) is 10.9 Å². The van der Waals surface area contributed by atoms with Gasteiger partial charge in [-0.2, -0.15) is 0 Å². The molecule has 0 aliphatic rings. The summed E-state index contributed by atoms with van der Waals surface area (Å²) >= 11 is 0. The highest BCUT2D eigenvalue weighted by Crippen LogP contribution is 2.29. The van der Waals surface area contributed by atoms with Crippen molar-refractivity contribution < 1.29 is 4.52 Å². The molecule has 2 aromatic rings. The van der Waals surface area contributed by atoms with Crippen LogP contribution in [-0.2, 0) is 0 Å². The maximum Gasteiger partial charge on any atom is 0.170 e. The quantitative estimate of drug-likeness (QED) is 0.685. The fourth-order valence-electron chi connectivity index (χ4n) is 1.96. The van der Waals surface area contributed by atoms with Crippen molar-refractivity contribution in [1.29, 1.82) is 0 Å². The molecular weight excluding hydrogens is 174 g/mol. The molecule has 74 valence electrons.